The molecule has 0 aliphatic carbocycles. The van der Waals surface area contributed by atoms with Gasteiger partial charge in [0.25, 0.3) is 0 Å². The summed E-state index contributed by atoms with van der Waals surface area (Å²) in [6.07, 6.45) is 0. The van der Waals surface area contributed by atoms with Crippen LogP contribution in [0.5, 0.6) is 0 Å². The van der Waals surface area contributed by atoms with Crippen molar-refractivity contribution in [3.63, 3.8) is 0 Å². The third kappa shape index (κ3) is 3.03. The normalized spacial score (nSPS) is 13.2. The fourth-order valence-corrected chi connectivity index (χ4v) is 2.64. The van der Waals surface area contributed by atoms with Crippen molar-refractivity contribution >= 4 is 22.5 Å². The van der Waals surface area contributed by atoms with E-state index in [4.69, 9.17) is 11.6 Å². The first-order chi connectivity index (χ1) is 10.1. The van der Waals surface area contributed by atoms with Crippen molar-refractivity contribution < 1.29 is 0 Å². The van der Waals surface area contributed by atoms with Gasteiger partial charge < -0.3 is 10.7 Å². The van der Waals surface area contributed by atoms with Crippen LogP contribution in [0.4, 0.5) is 5.69 Å². The first-order valence-electron chi connectivity index (χ1n) is 7.03. The summed E-state index contributed by atoms with van der Waals surface area (Å²) in [4.78, 5) is 0. The molecule has 0 atom stereocenters. The predicted molar refractivity (Wildman–Crippen MR) is 88.9 cm³/mol. The van der Waals surface area contributed by atoms with Crippen LogP contribution in [-0.4, -0.2) is 5.17 Å². The van der Waals surface area contributed by atoms with Gasteiger partial charge in [-0.2, -0.15) is 5.10 Å². The number of anilines is 1. The molecule has 4 heteroatoms. The van der Waals surface area contributed by atoms with Crippen molar-refractivity contribution in [3.05, 3.63) is 64.2 Å². The topological polar surface area (TPSA) is 36.4 Å². The number of hydrogen-bond donors (Lipinski definition) is 2. The molecule has 0 radical (unpaired) electrons. The number of fused-ring (bicyclic) bond motifs is 1. The van der Waals surface area contributed by atoms with Gasteiger partial charge in [0.05, 0.1) is 6.54 Å². The van der Waals surface area contributed by atoms with E-state index in [1.54, 1.807) is 0 Å². The number of halogens is 1. The number of nitrogens with one attached hydrogen (secondary N) is 2. The van der Waals surface area contributed by atoms with Crippen LogP contribution >= 0.6 is 11.6 Å². The lowest BCUT2D eigenvalue weighted by atomic mass is 10.1. The molecule has 0 saturated heterocycles. The van der Waals surface area contributed by atoms with Gasteiger partial charge in [-0.25, -0.2) is 0 Å². The van der Waals surface area contributed by atoms with Crippen LogP contribution in [0.15, 0.2) is 41.5 Å². The van der Waals surface area contributed by atoms with Crippen molar-refractivity contribution in [1.82, 2.24) is 5.43 Å². The summed E-state index contributed by atoms with van der Waals surface area (Å²) in [5.74, 6) is 0. The van der Waals surface area contributed by atoms with Crippen molar-refractivity contribution in [2.24, 2.45) is 5.10 Å². The Kier molecular flexibility index (Phi) is 3.84. The molecule has 2 aromatic rings. The maximum absolute atomic E-state index is 6.13. The van der Waals surface area contributed by atoms with Crippen molar-refractivity contribution in [1.29, 1.82) is 0 Å². The Morgan fingerprint density at radius 2 is 2.00 bits per heavy atom. The van der Waals surface area contributed by atoms with Crippen molar-refractivity contribution in [2.75, 3.05) is 5.32 Å². The Morgan fingerprint density at radius 1 is 1.14 bits per heavy atom. The molecule has 1 aliphatic heterocycles. The van der Waals surface area contributed by atoms with Gasteiger partial charge in [-0.15, -0.1) is 0 Å². The van der Waals surface area contributed by atoms with Crippen LogP contribution in [-0.2, 0) is 13.1 Å². The predicted octanol–water partition coefficient (Wildman–Crippen LogP) is 3.92. The zero-order chi connectivity index (χ0) is 14.8. The van der Waals surface area contributed by atoms with E-state index in [0.717, 1.165) is 24.3 Å². The van der Waals surface area contributed by atoms with E-state index in [1.165, 1.54) is 22.3 Å². The smallest absolute Gasteiger partial charge is 0.156 e. The van der Waals surface area contributed by atoms with Gasteiger partial charge in [-0.3, -0.25) is 0 Å². The molecular formula is C17H18ClN3. The second-order valence-corrected chi connectivity index (χ2v) is 5.74. The van der Waals surface area contributed by atoms with Crippen LogP contribution in [0.2, 0.25) is 0 Å². The average molecular weight is 300 g/mol. The molecule has 0 saturated carbocycles. The van der Waals surface area contributed by atoms with Gasteiger partial charge in [-0.05, 0) is 48.2 Å². The highest BCUT2D eigenvalue weighted by molar-refractivity contribution is 6.69. The van der Waals surface area contributed by atoms with E-state index in [0.29, 0.717) is 5.17 Å². The van der Waals surface area contributed by atoms with E-state index < -0.39 is 0 Å². The molecule has 108 valence electrons. The quantitative estimate of drug-likeness (QED) is 0.901. The summed E-state index contributed by atoms with van der Waals surface area (Å²) < 4.78 is 0. The van der Waals surface area contributed by atoms with Crippen molar-refractivity contribution in [2.45, 2.75) is 26.9 Å². The van der Waals surface area contributed by atoms with Gasteiger partial charge >= 0.3 is 0 Å². The van der Waals surface area contributed by atoms with E-state index >= 15 is 0 Å². The molecule has 3 nitrogen and oxygen atoms in total. The number of hydrogen-bond acceptors (Lipinski definition) is 3. The fourth-order valence-electron chi connectivity index (χ4n) is 2.40. The highest BCUT2D eigenvalue weighted by Crippen LogP contribution is 2.21. The zero-order valence-corrected chi connectivity index (χ0v) is 13.0. The van der Waals surface area contributed by atoms with Gasteiger partial charge in [0.2, 0.25) is 0 Å². The minimum atomic E-state index is 0.520. The summed E-state index contributed by atoms with van der Waals surface area (Å²) >= 11 is 6.13. The summed E-state index contributed by atoms with van der Waals surface area (Å²) in [5, 5.41) is 8.02. The molecule has 1 heterocycles. The molecule has 2 N–H and O–H groups in total. The summed E-state index contributed by atoms with van der Waals surface area (Å²) in [6, 6.07) is 12.8. The van der Waals surface area contributed by atoms with Gasteiger partial charge in [0, 0.05) is 17.8 Å². The lowest BCUT2D eigenvalue weighted by Gasteiger charge is -2.16. The Bertz CT molecular complexity index is 707. The largest absolute Gasteiger partial charge is 0.381 e. The first-order valence-corrected chi connectivity index (χ1v) is 7.40. The number of hydrazone groups is 1. The fraction of sp³-hybridized carbons (Fsp3) is 0.235. The molecule has 3 rings (SSSR count). The maximum atomic E-state index is 6.13. The number of nitrogens with zero attached hydrogens (tertiary/aromatic N) is 1. The molecule has 2 aromatic carbocycles. The second-order valence-electron chi connectivity index (χ2n) is 5.38. The molecule has 0 bridgehead atoms. The van der Waals surface area contributed by atoms with E-state index in [1.807, 2.05) is 0 Å². The lowest BCUT2D eigenvalue weighted by Crippen LogP contribution is -2.17. The highest BCUT2D eigenvalue weighted by atomic mass is 35.5. The lowest BCUT2D eigenvalue weighted by molar-refractivity contribution is 0.733. The molecular weight excluding hydrogens is 282 g/mol. The molecule has 21 heavy (non-hydrogen) atoms. The average Bonchev–Trinajstić information content (AvgIpc) is 2.49. The van der Waals surface area contributed by atoms with Crippen LogP contribution < -0.4 is 10.7 Å². The van der Waals surface area contributed by atoms with Gasteiger partial charge in [0.1, 0.15) is 0 Å². The van der Waals surface area contributed by atoms with Crippen LogP contribution in [0.3, 0.4) is 0 Å². The standard InChI is InChI=1S/C17H18ClN3/c1-11-3-4-13(7-12(11)2)9-19-15-6-5-14-10-20-21-17(18)16(14)8-15/h3-8,19-20H,9-10H2,1-2H3. The Labute approximate surface area is 130 Å². The van der Waals surface area contributed by atoms with Crippen LogP contribution in [0, 0.1) is 13.8 Å². The first kappa shape index (κ1) is 14.0. The van der Waals surface area contributed by atoms with Crippen molar-refractivity contribution in [3.8, 4) is 0 Å². The third-order valence-electron chi connectivity index (χ3n) is 3.85. The monoisotopic (exact) mass is 299 g/mol. The number of aryl methyl sites for hydroxylation is 2. The van der Waals surface area contributed by atoms with Gasteiger partial charge in [-0.1, -0.05) is 35.9 Å². The zero-order valence-electron chi connectivity index (χ0n) is 12.2. The van der Waals surface area contributed by atoms with Crippen LogP contribution in [0.25, 0.3) is 0 Å². The van der Waals surface area contributed by atoms with E-state index in [2.05, 4.69) is 66.1 Å². The Balaban J connectivity index is 1.75. The Morgan fingerprint density at radius 3 is 2.81 bits per heavy atom. The Hall–Kier alpha value is -2.00. The number of benzene rings is 2. The molecule has 0 aromatic heterocycles. The minimum absolute atomic E-state index is 0.520. The molecule has 0 unspecified atom stereocenters. The minimum Gasteiger partial charge on any atom is -0.381 e. The maximum Gasteiger partial charge on any atom is 0.156 e. The van der Waals surface area contributed by atoms with Crippen LogP contribution in [0.1, 0.15) is 27.8 Å². The molecule has 0 fully saturated rings. The summed E-state index contributed by atoms with van der Waals surface area (Å²) in [5.41, 5.74) is 10.1. The third-order valence-corrected chi connectivity index (χ3v) is 4.13. The molecule has 1 aliphatic rings. The highest BCUT2D eigenvalue weighted by Gasteiger charge is 2.12. The summed E-state index contributed by atoms with van der Waals surface area (Å²) in [7, 11) is 0. The summed E-state index contributed by atoms with van der Waals surface area (Å²) in [6.45, 7) is 5.79. The number of rotatable bonds is 3. The van der Waals surface area contributed by atoms with Gasteiger partial charge in [0.15, 0.2) is 5.17 Å². The SMILES string of the molecule is Cc1ccc(CNc2ccc3c(c2)C(Cl)=NNC3)cc1C. The van der Waals surface area contributed by atoms with E-state index in [9.17, 15) is 0 Å². The second kappa shape index (κ2) is 5.78. The molecule has 0 spiro atoms. The molecule has 0 amide bonds. The van der Waals surface area contributed by atoms with E-state index in [-0.39, 0.29) is 0 Å².